The highest BCUT2D eigenvalue weighted by atomic mass is 16.6. The van der Waals surface area contributed by atoms with E-state index in [1.807, 2.05) is 0 Å². The van der Waals surface area contributed by atoms with Crippen LogP contribution in [-0.4, -0.2) is 20.9 Å². The summed E-state index contributed by atoms with van der Waals surface area (Å²) in [7, 11) is 0. The van der Waals surface area contributed by atoms with E-state index in [2.05, 4.69) is 20.7 Å². The number of hydrogen-bond acceptors (Lipinski definition) is 7. The highest BCUT2D eigenvalue weighted by Crippen LogP contribution is 2.30. The Labute approximate surface area is 104 Å². The van der Waals surface area contributed by atoms with Gasteiger partial charge in [-0.15, -0.1) is 0 Å². The first-order valence-electron chi connectivity index (χ1n) is 5.95. The molecular weight excluding hydrogens is 236 g/mol. The van der Waals surface area contributed by atoms with Gasteiger partial charge in [0.2, 0.25) is 11.6 Å². The number of nitrogens with two attached hydrogens (primary N) is 1. The van der Waals surface area contributed by atoms with Crippen LogP contribution >= 0.6 is 0 Å². The molecule has 1 fully saturated rings. The third kappa shape index (κ3) is 2.65. The van der Waals surface area contributed by atoms with Crippen LogP contribution in [0.4, 0.5) is 17.3 Å². The maximum Gasteiger partial charge on any atom is 0.354 e. The largest absolute Gasteiger partial charge is 0.361 e. The summed E-state index contributed by atoms with van der Waals surface area (Å²) in [5.41, 5.74) is 2.02. The maximum atomic E-state index is 11.0. The molecule has 1 aromatic heterocycles. The molecule has 1 heterocycles. The molecule has 1 aliphatic carbocycles. The van der Waals surface area contributed by atoms with E-state index >= 15 is 0 Å². The Balaban J connectivity index is 2.23. The van der Waals surface area contributed by atoms with E-state index in [1.165, 1.54) is 12.7 Å². The van der Waals surface area contributed by atoms with Crippen molar-refractivity contribution < 1.29 is 4.92 Å². The Morgan fingerprint density at radius 2 is 1.94 bits per heavy atom. The fourth-order valence-corrected chi connectivity index (χ4v) is 2.20. The van der Waals surface area contributed by atoms with Gasteiger partial charge in [-0.25, -0.2) is 15.8 Å². The molecule has 0 saturated heterocycles. The maximum absolute atomic E-state index is 11.0. The summed E-state index contributed by atoms with van der Waals surface area (Å²) in [6.45, 7) is 0. The third-order valence-electron chi connectivity index (χ3n) is 3.09. The average Bonchev–Trinajstić information content (AvgIpc) is 2.39. The lowest BCUT2D eigenvalue weighted by atomic mass is 9.95. The molecule has 0 radical (unpaired) electrons. The van der Waals surface area contributed by atoms with Crippen LogP contribution in [0.5, 0.6) is 0 Å². The zero-order valence-electron chi connectivity index (χ0n) is 9.93. The lowest BCUT2D eigenvalue weighted by Crippen LogP contribution is -2.24. The van der Waals surface area contributed by atoms with Crippen LogP contribution in [0.2, 0.25) is 0 Å². The molecule has 0 bridgehead atoms. The highest BCUT2D eigenvalue weighted by molar-refractivity contribution is 5.69. The smallest absolute Gasteiger partial charge is 0.354 e. The van der Waals surface area contributed by atoms with Crippen LogP contribution < -0.4 is 16.6 Å². The molecule has 8 nitrogen and oxygen atoms in total. The van der Waals surface area contributed by atoms with Crippen LogP contribution in [0, 0.1) is 10.1 Å². The van der Waals surface area contributed by atoms with Gasteiger partial charge in [0.1, 0.15) is 6.33 Å². The zero-order valence-corrected chi connectivity index (χ0v) is 9.93. The van der Waals surface area contributed by atoms with Gasteiger partial charge in [0.15, 0.2) is 0 Å². The van der Waals surface area contributed by atoms with Gasteiger partial charge in [-0.1, -0.05) is 19.3 Å². The molecular formula is C10H16N6O2. The third-order valence-corrected chi connectivity index (χ3v) is 3.09. The second kappa shape index (κ2) is 5.58. The Hall–Kier alpha value is -1.96. The summed E-state index contributed by atoms with van der Waals surface area (Å²) in [6.07, 6.45) is 6.77. The molecule has 0 atom stereocenters. The minimum Gasteiger partial charge on any atom is -0.361 e. The van der Waals surface area contributed by atoms with E-state index in [1.54, 1.807) is 0 Å². The summed E-state index contributed by atoms with van der Waals surface area (Å²) in [6, 6.07) is 0.234. The van der Waals surface area contributed by atoms with Gasteiger partial charge in [0.05, 0.1) is 4.92 Å². The summed E-state index contributed by atoms with van der Waals surface area (Å²) >= 11 is 0. The van der Waals surface area contributed by atoms with Crippen molar-refractivity contribution in [1.29, 1.82) is 0 Å². The lowest BCUT2D eigenvalue weighted by molar-refractivity contribution is -0.383. The van der Waals surface area contributed by atoms with Crippen molar-refractivity contribution in [3.63, 3.8) is 0 Å². The second-order valence-electron chi connectivity index (χ2n) is 4.30. The number of hydrogen-bond donors (Lipinski definition) is 3. The predicted octanol–water partition coefficient (Wildman–Crippen LogP) is 1.41. The zero-order chi connectivity index (χ0) is 13.0. The molecule has 0 unspecified atom stereocenters. The second-order valence-corrected chi connectivity index (χ2v) is 4.30. The van der Waals surface area contributed by atoms with Crippen molar-refractivity contribution in [3.05, 3.63) is 16.4 Å². The Kier molecular flexibility index (Phi) is 3.88. The van der Waals surface area contributed by atoms with E-state index < -0.39 is 4.92 Å². The first-order valence-corrected chi connectivity index (χ1v) is 5.95. The molecule has 4 N–H and O–H groups in total. The van der Waals surface area contributed by atoms with Crippen molar-refractivity contribution in [2.24, 2.45) is 5.84 Å². The number of nitrogens with zero attached hydrogens (tertiary/aromatic N) is 3. The highest BCUT2D eigenvalue weighted by Gasteiger charge is 2.24. The summed E-state index contributed by atoms with van der Waals surface area (Å²) in [5.74, 6) is 5.47. The van der Waals surface area contributed by atoms with Crippen LogP contribution in [-0.2, 0) is 0 Å². The van der Waals surface area contributed by atoms with Gasteiger partial charge in [-0.2, -0.15) is 0 Å². The summed E-state index contributed by atoms with van der Waals surface area (Å²) in [4.78, 5) is 18.2. The number of nitro groups is 1. The van der Waals surface area contributed by atoms with Crippen LogP contribution in [0.1, 0.15) is 32.1 Å². The van der Waals surface area contributed by atoms with Crippen molar-refractivity contribution in [1.82, 2.24) is 9.97 Å². The molecule has 0 spiro atoms. The number of rotatable bonds is 4. The van der Waals surface area contributed by atoms with Gasteiger partial charge < -0.3 is 10.7 Å². The Morgan fingerprint density at radius 1 is 1.28 bits per heavy atom. The molecule has 1 aliphatic rings. The summed E-state index contributed by atoms with van der Waals surface area (Å²) in [5, 5.41) is 14.2. The Bertz CT molecular complexity index is 432. The van der Waals surface area contributed by atoms with Crippen molar-refractivity contribution in [3.8, 4) is 0 Å². The van der Waals surface area contributed by atoms with Crippen molar-refractivity contribution in [2.45, 2.75) is 38.1 Å². The van der Waals surface area contributed by atoms with E-state index in [-0.39, 0.29) is 23.4 Å². The van der Waals surface area contributed by atoms with Crippen LogP contribution in [0.3, 0.4) is 0 Å². The van der Waals surface area contributed by atoms with Crippen molar-refractivity contribution in [2.75, 3.05) is 10.7 Å². The van der Waals surface area contributed by atoms with Gasteiger partial charge in [0, 0.05) is 6.04 Å². The van der Waals surface area contributed by atoms with Gasteiger partial charge in [-0.05, 0) is 12.8 Å². The number of hydrazine groups is 1. The van der Waals surface area contributed by atoms with Gasteiger partial charge in [-0.3, -0.25) is 10.1 Å². The number of anilines is 2. The van der Waals surface area contributed by atoms with Crippen molar-refractivity contribution >= 4 is 17.3 Å². The number of nitrogens with one attached hydrogen (secondary N) is 2. The fraction of sp³-hybridized carbons (Fsp3) is 0.600. The van der Waals surface area contributed by atoms with Crippen LogP contribution in [0.25, 0.3) is 0 Å². The molecule has 0 amide bonds. The SMILES string of the molecule is NNc1ncnc(NC2CCCCC2)c1[N+](=O)[O-]. The molecule has 1 aromatic rings. The standard InChI is InChI=1S/C10H16N6O2/c11-15-10-8(16(17)18)9(12-6-13-10)14-7-4-2-1-3-5-7/h6-7H,1-5,11H2,(H2,12,13,14,15). The first kappa shape index (κ1) is 12.5. The molecule has 0 aliphatic heterocycles. The normalized spacial score (nSPS) is 16.3. The van der Waals surface area contributed by atoms with E-state index in [9.17, 15) is 10.1 Å². The average molecular weight is 252 g/mol. The van der Waals surface area contributed by atoms with E-state index in [0.29, 0.717) is 0 Å². The topological polar surface area (TPSA) is 119 Å². The molecule has 18 heavy (non-hydrogen) atoms. The monoisotopic (exact) mass is 252 g/mol. The minimum atomic E-state index is -0.527. The number of aromatic nitrogens is 2. The molecule has 1 saturated carbocycles. The molecule has 8 heteroatoms. The van der Waals surface area contributed by atoms with Crippen LogP contribution in [0.15, 0.2) is 6.33 Å². The fourth-order valence-electron chi connectivity index (χ4n) is 2.20. The Morgan fingerprint density at radius 3 is 2.56 bits per heavy atom. The minimum absolute atomic E-state index is 0.0216. The lowest BCUT2D eigenvalue weighted by Gasteiger charge is -2.23. The van der Waals surface area contributed by atoms with Gasteiger partial charge >= 0.3 is 5.69 Å². The molecule has 0 aromatic carbocycles. The molecule has 2 rings (SSSR count). The molecule has 98 valence electrons. The first-order chi connectivity index (χ1) is 8.72. The quantitative estimate of drug-likeness (QED) is 0.421. The van der Waals surface area contributed by atoms with E-state index in [4.69, 9.17) is 5.84 Å². The summed E-state index contributed by atoms with van der Waals surface area (Å²) < 4.78 is 0. The number of nitrogen functional groups attached to an aromatic ring is 1. The van der Waals surface area contributed by atoms with Gasteiger partial charge in [0.25, 0.3) is 0 Å². The predicted molar refractivity (Wildman–Crippen MR) is 67.0 cm³/mol. The van der Waals surface area contributed by atoms with E-state index in [0.717, 1.165) is 25.7 Å².